The van der Waals surface area contributed by atoms with Crippen LogP contribution in [0.4, 0.5) is 0 Å². The fraction of sp³-hybridized carbons (Fsp3) is 0.308. The van der Waals surface area contributed by atoms with Crippen molar-refractivity contribution in [2.24, 2.45) is 18.7 Å². The molecule has 0 saturated carbocycles. The molecule has 20 heavy (non-hydrogen) atoms. The van der Waals surface area contributed by atoms with Gasteiger partial charge in [-0.2, -0.15) is 0 Å². The Morgan fingerprint density at radius 1 is 1.55 bits per heavy atom. The number of carbonyl (C=O) groups excluding carboxylic acids is 2. The summed E-state index contributed by atoms with van der Waals surface area (Å²) in [7, 11) is 1.86. The fourth-order valence-corrected chi connectivity index (χ4v) is 2.11. The zero-order valence-corrected chi connectivity index (χ0v) is 11.9. The molecular formula is C13H15ClN4O2. The lowest BCUT2D eigenvalue weighted by atomic mass is 10.1. The molecule has 6 nitrogen and oxygen atoms in total. The summed E-state index contributed by atoms with van der Waals surface area (Å²) in [6.07, 6.45) is 3.44. The second-order valence-electron chi connectivity index (χ2n) is 4.64. The van der Waals surface area contributed by atoms with Gasteiger partial charge in [-0.15, -0.1) is 0 Å². The summed E-state index contributed by atoms with van der Waals surface area (Å²) in [6, 6.07) is 1.86. The number of nitrogens with zero attached hydrogens (tertiary/aromatic N) is 2. The van der Waals surface area contributed by atoms with Gasteiger partial charge in [-0.1, -0.05) is 11.6 Å². The SMILES string of the molecule is C[C@@H](C(N)=O)C(=O)NCc1cnc2c(c1)c(Cl)cn2C. The zero-order valence-electron chi connectivity index (χ0n) is 11.2. The number of nitrogens with two attached hydrogens (primary N) is 1. The van der Waals surface area contributed by atoms with E-state index in [0.717, 1.165) is 16.6 Å². The molecule has 0 fully saturated rings. The van der Waals surface area contributed by atoms with Gasteiger partial charge in [0.2, 0.25) is 11.8 Å². The van der Waals surface area contributed by atoms with E-state index >= 15 is 0 Å². The first-order valence-electron chi connectivity index (χ1n) is 6.06. The van der Waals surface area contributed by atoms with Crippen LogP contribution in [-0.4, -0.2) is 21.4 Å². The fourth-order valence-electron chi connectivity index (χ4n) is 1.83. The predicted molar refractivity (Wildman–Crippen MR) is 75.9 cm³/mol. The smallest absolute Gasteiger partial charge is 0.232 e. The number of pyridine rings is 1. The van der Waals surface area contributed by atoms with E-state index in [1.165, 1.54) is 6.92 Å². The highest BCUT2D eigenvalue weighted by Crippen LogP contribution is 2.24. The Labute approximate surface area is 120 Å². The molecule has 3 N–H and O–H groups in total. The van der Waals surface area contributed by atoms with Gasteiger partial charge in [-0.3, -0.25) is 9.59 Å². The number of amides is 2. The standard InChI is InChI=1S/C13H15ClN4O2/c1-7(11(15)19)13(20)17-5-8-3-9-10(14)6-18(2)12(9)16-4-8/h3-4,6-7H,5H2,1-2H3,(H2,15,19)(H,17,20)/t7-/m0/s1. The summed E-state index contributed by atoms with van der Waals surface area (Å²) in [5, 5.41) is 4.07. The molecule has 2 amide bonds. The van der Waals surface area contributed by atoms with Crippen LogP contribution in [0, 0.1) is 5.92 Å². The zero-order chi connectivity index (χ0) is 14.9. The molecule has 2 aromatic rings. The van der Waals surface area contributed by atoms with E-state index in [0.29, 0.717) is 5.02 Å². The Kier molecular flexibility index (Phi) is 3.94. The summed E-state index contributed by atoms with van der Waals surface area (Å²) in [5.41, 5.74) is 6.65. The minimum absolute atomic E-state index is 0.268. The number of rotatable bonds is 4. The highest BCUT2D eigenvalue weighted by Gasteiger charge is 2.18. The van der Waals surface area contributed by atoms with Crippen molar-refractivity contribution in [1.82, 2.24) is 14.9 Å². The van der Waals surface area contributed by atoms with Crippen LogP contribution in [0.2, 0.25) is 5.02 Å². The van der Waals surface area contributed by atoms with Gasteiger partial charge in [0.05, 0.1) is 5.02 Å². The van der Waals surface area contributed by atoms with Gasteiger partial charge in [0.25, 0.3) is 0 Å². The average molecular weight is 295 g/mol. The number of primary amides is 1. The molecular weight excluding hydrogens is 280 g/mol. The predicted octanol–water partition coefficient (Wildman–Crippen LogP) is 0.964. The molecule has 0 aliphatic carbocycles. The molecule has 0 saturated heterocycles. The number of nitrogens with one attached hydrogen (secondary N) is 1. The molecule has 2 heterocycles. The molecule has 0 spiro atoms. The van der Waals surface area contributed by atoms with Crippen molar-refractivity contribution >= 4 is 34.4 Å². The molecule has 0 aliphatic heterocycles. The van der Waals surface area contributed by atoms with Crippen LogP contribution in [0.25, 0.3) is 11.0 Å². The van der Waals surface area contributed by atoms with Crippen molar-refractivity contribution in [2.45, 2.75) is 13.5 Å². The second-order valence-corrected chi connectivity index (χ2v) is 5.05. The number of aryl methyl sites for hydroxylation is 1. The number of hydrogen-bond donors (Lipinski definition) is 2. The lowest BCUT2D eigenvalue weighted by Crippen LogP contribution is -2.36. The van der Waals surface area contributed by atoms with Crippen LogP contribution in [0.5, 0.6) is 0 Å². The van der Waals surface area contributed by atoms with E-state index in [-0.39, 0.29) is 6.54 Å². The molecule has 0 unspecified atom stereocenters. The van der Waals surface area contributed by atoms with Gasteiger partial charge >= 0.3 is 0 Å². The minimum Gasteiger partial charge on any atom is -0.369 e. The van der Waals surface area contributed by atoms with Gasteiger partial charge in [-0.25, -0.2) is 4.98 Å². The Bertz CT molecular complexity index is 680. The molecule has 0 aromatic carbocycles. The maximum absolute atomic E-state index is 11.6. The van der Waals surface area contributed by atoms with E-state index in [9.17, 15) is 9.59 Å². The highest BCUT2D eigenvalue weighted by atomic mass is 35.5. The summed E-state index contributed by atoms with van der Waals surface area (Å²) in [6.45, 7) is 1.73. The molecule has 0 aliphatic rings. The molecule has 1 atom stereocenters. The van der Waals surface area contributed by atoms with Gasteiger partial charge < -0.3 is 15.6 Å². The molecule has 2 aromatic heterocycles. The van der Waals surface area contributed by atoms with Gasteiger partial charge in [0, 0.05) is 31.4 Å². The van der Waals surface area contributed by atoms with Crippen molar-refractivity contribution in [1.29, 1.82) is 0 Å². The van der Waals surface area contributed by atoms with Crippen molar-refractivity contribution in [3.05, 3.63) is 29.0 Å². The summed E-state index contributed by atoms with van der Waals surface area (Å²) in [5.74, 6) is -1.91. The van der Waals surface area contributed by atoms with Gasteiger partial charge in [0.1, 0.15) is 11.6 Å². The van der Waals surface area contributed by atoms with Crippen LogP contribution in [-0.2, 0) is 23.2 Å². The highest BCUT2D eigenvalue weighted by molar-refractivity contribution is 6.35. The van der Waals surface area contributed by atoms with Crippen molar-refractivity contribution in [3.63, 3.8) is 0 Å². The van der Waals surface area contributed by atoms with E-state index in [1.807, 2.05) is 17.7 Å². The maximum atomic E-state index is 11.6. The van der Waals surface area contributed by atoms with E-state index in [1.54, 1.807) is 12.4 Å². The summed E-state index contributed by atoms with van der Waals surface area (Å²) in [4.78, 5) is 26.8. The third-order valence-corrected chi connectivity index (χ3v) is 3.41. The number of carbonyl (C=O) groups is 2. The maximum Gasteiger partial charge on any atom is 0.232 e. The Balaban J connectivity index is 2.13. The van der Waals surface area contributed by atoms with E-state index in [4.69, 9.17) is 17.3 Å². The first-order chi connectivity index (χ1) is 9.40. The molecule has 106 valence electrons. The van der Waals surface area contributed by atoms with Crippen LogP contribution in [0.15, 0.2) is 18.5 Å². The number of hydrogen-bond acceptors (Lipinski definition) is 3. The molecule has 0 radical (unpaired) electrons. The van der Waals surface area contributed by atoms with Crippen LogP contribution in [0.1, 0.15) is 12.5 Å². The first kappa shape index (κ1) is 14.3. The lowest BCUT2D eigenvalue weighted by molar-refractivity contribution is -0.132. The van der Waals surface area contributed by atoms with E-state index < -0.39 is 17.7 Å². The first-order valence-corrected chi connectivity index (χ1v) is 6.44. The van der Waals surface area contributed by atoms with Crippen molar-refractivity contribution in [3.8, 4) is 0 Å². The number of halogens is 1. The van der Waals surface area contributed by atoms with Crippen molar-refractivity contribution < 1.29 is 9.59 Å². The second kappa shape index (κ2) is 5.50. The normalized spacial score (nSPS) is 12.3. The van der Waals surface area contributed by atoms with Crippen LogP contribution in [0.3, 0.4) is 0 Å². The molecule has 2 rings (SSSR count). The average Bonchev–Trinajstić information content (AvgIpc) is 2.70. The third-order valence-electron chi connectivity index (χ3n) is 3.11. The minimum atomic E-state index is -0.855. The van der Waals surface area contributed by atoms with E-state index in [2.05, 4.69) is 10.3 Å². The summed E-state index contributed by atoms with van der Waals surface area (Å²) < 4.78 is 1.83. The van der Waals surface area contributed by atoms with Crippen LogP contribution >= 0.6 is 11.6 Å². The lowest BCUT2D eigenvalue weighted by Gasteiger charge is -2.09. The van der Waals surface area contributed by atoms with Crippen LogP contribution < -0.4 is 11.1 Å². The molecule has 0 bridgehead atoms. The molecule has 7 heteroatoms. The number of aromatic nitrogens is 2. The Morgan fingerprint density at radius 2 is 2.25 bits per heavy atom. The largest absolute Gasteiger partial charge is 0.369 e. The van der Waals surface area contributed by atoms with Gasteiger partial charge in [0.15, 0.2) is 0 Å². The van der Waals surface area contributed by atoms with Crippen molar-refractivity contribution in [2.75, 3.05) is 0 Å². The topological polar surface area (TPSA) is 90.0 Å². The monoisotopic (exact) mass is 294 g/mol. The Morgan fingerprint density at radius 3 is 2.90 bits per heavy atom. The summed E-state index contributed by atoms with van der Waals surface area (Å²) >= 11 is 6.10. The van der Waals surface area contributed by atoms with Gasteiger partial charge in [-0.05, 0) is 18.6 Å². The number of fused-ring (bicyclic) bond motifs is 1. The quantitative estimate of drug-likeness (QED) is 0.823. The Hall–Kier alpha value is -2.08. The third kappa shape index (κ3) is 2.75.